The van der Waals surface area contributed by atoms with Crippen molar-refractivity contribution in [3.63, 3.8) is 0 Å². The summed E-state index contributed by atoms with van der Waals surface area (Å²) in [6.45, 7) is 21.6. The van der Waals surface area contributed by atoms with E-state index in [-0.39, 0.29) is 0 Å². The number of amidine groups is 1. The molecule has 1 N–H and O–H groups in total. The fourth-order valence-electron chi connectivity index (χ4n) is 2.05. The van der Waals surface area contributed by atoms with Gasteiger partial charge in [0.05, 0.1) is 5.84 Å². The number of benzene rings is 1. The van der Waals surface area contributed by atoms with E-state index in [4.69, 9.17) is 0 Å². The molecule has 1 aromatic rings. The van der Waals surface area contributed by atoms with E-state index < -0.39 is 0 Å². The smallest absolute Gasteiger partial charge is 0.0972 e. The molecule has 0 amide bonds. The largest absolute Gasteiger partial charge is 0.374 e. The van der Waals surface area contributed by atoms with Gasteiger partial charge in [-0.1, -0.05) is 48.5 Å². The molecule has 0 saturated heterocycles. The number of nitrogens with one attached hydrogen (secondary N) is 1. The fraction of sp³-hybridized carbons (Fsp3) is 0.667. The highest BCUT2D eigenvalue weighted by Gasteiger charge is 2.08. The van der Waals surface area contributed by atoms with Gasteiger partial charge in [-0.25, -0.2) is 0 Å². The summed E-state index contributed by atoms with van der Waals surface area (Å²) in [6.07, 6.45) is 1.16. The maximum absolute atomic E-state index is 4.14. The maximum Gasteiger partial charge on any atom is 0.0972 e. The molecule has 0 aliphatic heterocycles. The lowest BCUT2D eigenvalue weighted by molar-refractivity contribution is 0.849. The van der Waals surface area contributed by atoms with Gasteiger partial charge < -0.3 is 10.2 Å². The Morgan fingerprint density at radius 1 is 1.00 bits per heavy atom. The number of aryl methyl sites for hydroxylation is 2. The van der Waals surface area contributed by atoms with Crippen molar-refractivity contribution in [3.8, 4) is 0 Å². The van der Waals surface area contributed by atoms with Crippen LogP contribution in [0.25, 0.3) is 0 Å². The first-order valence-electron chi connectivity index (χ1n) is 9.52. The van der Waals surface area contributed by atoms with Gasteiger partial charge in [-0.2, -0.15) is 0 Å². The average molecular weight is 338 g/mol. The molecule has 0 saturated carbocycles. The van der Waals surface area contributed by atoms with Gasteiger partial charge in [0, 0.05) is 32.0 Å². The fourth-order valence-corrected chi connectivity index (χ4v) is 2.05. The third kappa shape index (κ3) is 10.3. The highest BCUT2D eigenvalue weighted by atomic mass is 15.1. The lowest BCUT2D eigenvalue weighted by atomic mass is 10.1. The molecule has 3 heteroatoms. The van der Waals surface area contributed by atoms with Crippen LogP contribution in [0.2, 0.25) is 0 Å². The molecule has 0 fully saturated rings. The van der Waals surface area contributed by atoms with Crippen molar-refractivity contribution in [1.29, 1.82) is 0 Å². The first kappa shape index (κ1) is 27.3. The van der Waals surface area contributed by atoms with Crippen LogP contribution in [0, 0.1) is 13.8 Å². The summed E-state index contributed by atoms with van der Waals surface area (Å²) >= 11 is 0. The number of rotatable bonds is 4. The van der Waals surface area contributed by atoms with Crippen LogP contribution in [0.15, 0.2) is 17.1 Å². The number of aliphatic imine (C=N–C) groups is 1. The summed E-state index contributed by atoms with van der Waals surface area (Å²) < 4.78 is 0. The van der Waals surface area contributed by atoms with E-state index in [1.165, 1.54) is 16.8 Å². The standard InChI is InChI=1S/C15H25N3.3C2H6/c1-7-8-18(6)15-10-11(2)14(9-12(15)3)17-13(4)16-5;3*1-2/h9-10H,7-8H2,1-6H3,(H,16,17);3*1-2H3. The first-order chi connectivity index (χ1) is 11.5. The molecule has 1 rings (SSSR count). The highest BCUT2D eigenvalue weighted by molar-refractivity contribution is 5.94. The van der Waals surface area contributed by atoms with Gasteiger partial charge >= 0.3 is 0 Å². The molecule has 0 heterocycles. The molecule has 0 aliphatic carbocycles. The van der Waals surface area contributed by atoms with Crippen molar-refractivity contribution >= 4 is 17.2 Å². The van der Waals surface area contributed by atoms with E-state index in [0.29, 0.717) is 0 Å². The Hall–Kier alpha value is -1.51. The van der Waals surface area contributed by atoms with Crippen LogP contribution in [-0.4, -0.2) is 26.5 Å². The van der Waals surface area contributed by atoms with Gasteiger partial charge in [-0.3, -0.25) is 4.99 Å². The summed E-state index contributed by atoms with van der Waals surface area (Å²) in [7, 11) is 3.95. The Bertz CT molecular complexity index is 437. The maximum atomic E-state index is 4.14. The zero-order chi connectivity index (χ0) is 19.7. The Labute approximate surface area is 152 Å². The zero-order valence-electron chi connectivity index (χ0n) is 18.5. The monoisotopic (exact) mass is 337 g/mol. The van der Waals surface area contributed by atoms with Gasteiger partial charge in [0.25, 0.3) is 0 Å². The van der Waals surface area contributed by atoms with Gasteiger partial charge in [0.15, 0.2) is 0 Å². The third-order valence-corrected chi connectivity index (χ3v) is 3.16. The third-order valence-electron chi connectivity index (χ3n) is 3.16. The molecule has 142 valence electrons. The molecule has 0 unspecified atom stereocenters. The lowest BCUT2D eigenvalue weighted by Crippen LogP contribution is -2.19. The highest BCUT2D eigenvalue weighted by Crippen LogP contribution is 2.26. The van der Waals surface area contributed by atoms with Crippen LogP contribution in [0.3, 0.4) is 0 Å². The van der Waals surface area contributed by atoms with Crippen molar-refractivity contribution in [1.82, 2.24) is 0 Å². The Balaban J connectivity index is -0.000000659. The summed E-state index contributed by atoms with van der Waals surface area (Å²) in [5.74, 6) is 0.937. The number of hydrogen-bond acceptors (Lipinski definition) is 2. The van der Waals surface area contributed by atoms with E-state index in [1.807, 2.05) is 48.5 Å². The van der Waals surface area contributed by atoms with Crippen molar-refractivity contribution in [2.24, 2.45) is 4.99 Å². The minimum atomic E-state index is 0.937. The van der Waals surface area contributed by atoms with Crippen LogP contribution >= 0.6 is 0 Å². The summed E-state index contributed by atoms with van der Waals surface area (Å²) in [6, 6.07) is 4.45. The molecule has 0 spiro atoms. The van der Waals surface area contributed by atoms with Crippen LogP contribution in [0.1, 0.15) is 72.9 Å². The number of anilines is 2. The van der Waals surface area contributed by atoms with E-state index >= 15 is 0 Å². The summed E-state index contributed by atoms with van der Waals surface area (Å²) in [4.78, 5) is 6.45. The number of nitrogens with zero attached hydrogens (tertiary/aromatic N) is 2. The Kier molecular flexibility index (Phi) is 20.3. The quantitative estimate of drug-likeness (QED) is 0.489. The SMILES string of the molecule is CC.CC.CC.CCCN(C)c1cc(C)c(NC(C)=NC)cc1C. The van der Waals surface area contributed by atoms with Crippen LogP contribution in [0.4, 0.5) is 11.4 Å². The summed E-state index contributed by atoms with van der Waals surface area (Å²) in [5.41, 5.74) is 5.00. The van der Waals surface area contributed by atoms with E-state index in [1.54, 1.807) is 7.05 Å². The minimum Gasteiger partial charge on any atom is -0.374 e. The van der Waals surface area contributed by atoms with Gasteiger partial charge in [-0.05, 0) is 50.5 Å². The number of hydrogen-bond donors (Lipinski definition) is 1. The van der Waals surface area contributed by atoms with Crippen molar-refractivity contribution in [2.75, 3.05) is 30.9 Å². The van der Waals surface area contributed by atoms with Gasteiger partial charge in [0.1, 0.15) is 0 Å². The van der Waals surface area contributed by atoms with E-state index in [9.17, 15) is 0 Å². The molecule has 24 heavy (non-hydrogen) atoms. The molecule has 0 bridgehead atoms. The normalized spacial score (nSPS) is 9.42. The average Bonchev–Trinajstić information content (AvgIpc) is 2.63. The lowest BCUT2D eigenvalue weighted by Gasteiger charge is -2.23. The zero-order valence-corrected chi connectivity index (χ0v) is 18.5. The first-order valence-corrected chi connectivity index (χ1v) is 9.52. The molecule has 0 aliphatic rings. The van der Waals surface area contributed by atoms with Crippen LogP contribution in [-0.2, 0) is 0 Å². The van der Waals surface area contributed by atoms with Crippen molar-refractivity contribution in [3.05, 3.63) is 23.3 Å². The molecule has 0 atom stereocenters. The van der Waals surface area contributed by atoms with Crippen LogP contribution in [0.5, 0.6) is 0 Å². The molecular weight excluding hydrogens is 294 g/mol. The van der Waals surface area contributed by atoms with E-state index in [2.05, 4.69) is 55.2 Å². The topological polar surface area (TPSA) is 27.6 Å². The predicted octanol–water partition coefficient (Wildman–Crippen LogP) is 6.69. The van der Waals surface area contributed by atoms with Gasteiger partial charge in [0.2, 0.25) is 0 Å². The second kappa shape index (κ2) is 17.8. The van der Waals surface area contributed by atoms with Crippen molar-refractivity contribution < 1.29 is 0 Å². The summed E-state index contributed by atoms with van der Waals surface area (Å²) in [5, 5.41) is 3.33. The molecule has 0 aromatic heterocycles. The molecule has 3 nitrogen and oxygen atoms in total. The van der Waals surface area contributed by atoms with Crippen molar-refractivity contribution in [2.45, 2.75) is 75.7 Å². The Morgan fingerprint density at radius 3 is 1.92 bits per heavy atom. The molecule has 1 aromatic carbocycles. The predicted molar refractivity (Wildman–Crippen MR) is 116 cm³/mol. The molecule has 0 radical (unpaired) electrons. The Morgan fingerprint density at radius 2 is 1.50 bits per heavy atom. The second-order valence-electron chi connectivity index (χ2n) is 4.81. The second-order valence-corrected chi connectivity index (χ2v) is 4.81. The van der Waals surface area contributed by atoms with Crippen LogP contribution < -0.4 is 10.2 Å². The van der Waals surface area contributed by atoms with E-state index in [0.717, 1.165) is 24.5 Å². The van der Waals surface area contributed by atoms with Gasteiger partial charge in [-0.15, -0.1) is 0 Å². The molecular formula is C21H43N3. The minimum absolute atomic E-state index is 0.937.